The van der Waals surface area contributed by atoms with Crippen LogP contribution in [0.15, 0.2) is 82.2 Å². The summed E-state index contributed by atoms with van der Waals surface area (Å²) in [4.78, 5) is 33.5. The number of pyridine rings is 1. The number of nitrogens with one attached hydrogen (secondary N) is 1. The smallest absolute Gasteiger partial charge is 0.289 e. The lowest BCUT2D eigenvalue weighted by Gasteiger charge is -2.38. The van der Waals surface area contributed by atoms with Crippen molar-refractivity contribution in [2.45, 2.75) is 25.9 Å². The maximum atomic E-state index is 13.6. The molecule has 2 aromatic carbocycles. The molecule has 4 heterocycles. The Morgan fingerprint density at radius 2 is 1.88 bits per heavy atom. The van der Waals surface area contributed by atoms with Crippen LogP contribution in [-0.4, -0.2) is 73.7 Å². The van der Waals surface area contributed by atoms with Gasteiger partial charge in [0, 0.05) is 49.2 Å². The van der Waals surface area contributed by atoms with Gasteiger partial charge in [-0.1, -0.05) is 30.3 Å². The minimum Gasteiger partial charge on any atom is -0.494 e. The number of fused-ring (bicyclic) bond motifs is 1. The van der Waals surface area contributed by atoms with E-state index in [9.17, 15) is 9.59 Å². The fourth-order valence-electron chi connectivity index (χ4n) is 5.35. The summed E-state index contributed by atoms with van der Waals surface area (Å²) in [7, 11) is 0. The summed E-state index contributed by atoms with van der Waals surface area (Å²) < 4.78 is 12.8. The molecule has 1 saturated heterocycles. The molecule has 0 bridgehead atoms. The van der Waals surface area contributed by atoms with Gasteiger partial charge in [0.1, 0.15) is 11.8 Å². The summed E-state index contributed by atoms with van der Waals surface area (Å²) in [5.41, 5.74) is 2.21. The van der Waals surface area contributed by atoms with E-state index in [1.807, 2.05) is 49.4 Å². The number of aromatic amines is 1. The van der Waals surface area contributed by atoms with Crippen LogP contribution in [0, 0.1) is 0 Å². The van der Waals surface area contributed by atoms with Crippen LogP contribution in [0.1, 0.15) is 40.5 Å². The Labute approximate surface area is 236 Å². The molecule has 1 amide bonds. The Morgan fingerprint density at radius 1 is 1.05 bits per heavy atom. The van der Waals surface area contributed by atoms with Crippen molar-refractivity contribution in [2.75, 3.05) is 32.8 Å². The number of ether oxygens (including phenoxy) is 1. The number of nitrogens with zero attached hydrogens (tertiary/aromatic N) is 6. The van der Waals surface area contributed by atoms with Crippen molar-refractivity contribution in [3.63, 3.8) is 0 Å². The van der Waals surface area contributed by atoms with E-state index in [1.54, 1.807) is 21.7 Å². The Kier molecular flexibility index (Phi) is 7.59. The quantitative estimate of drug-likeness (QED) is 0.295. The van der Waals surface area contributed by atoms with Crippen LogP contribution in [0.2, 0.25) is 0 Å². The van der Waals surface area contributed by atoms with E-state index in [0.717, 1.165) is 23.1 Å². The van der Waals surface area contributed by atoms with Gasteiger partial charge in [-0.2, -0.15) is 0 Å². The highest BCUT2D eigenvalue weighted by molar-refractivity contribution is 5.91. The number of hydrogen-bond acceptors (Lipinski definition) is 8. The molecule has 1 fully saturated rings. The summed E-state index contributed by atoms with van der Waals surface area (Å²) in [5.74, 6) is 1.48. The van der Waals surface area contributed by atoms with Crippen molar-refractivity contribution in [3.8, 4) is 5.75 Å². The summed E-state index contributed by atoms with van der Waals surface area (Å²) in [6, 6.07) is 20.5. The number of H-pyrrole nitrogens is 1. The van der Waals surface area contributed by atoms with Crippen LogP contribution in [0.5, 0.6) is 5.75 Å². The molecule has 3 aromatic heterocycles. The zero-order valence-electron chi connectivity index (χ0n) is 22.8. The molecule has 1 aliphatic rings. The van der Waals surface area contributed by atoms with Crippen LogP contribution in [0.4, 0.5) is 0 Å². The van der Waals surface area contributed by atoms with Gasteiger partial charge in [-0.25, -0.2) is 4.68 Å². The number of hydrogen-bond donors (Lipinski definition) is 1. The Hall–Kier alpha value is -4.77. The number of amides is 1. The standard InChI is InChI=1S/C30H31N7O4/c1-2-40-23-10-11-25-22(19-23)20-24(29(38)31-25)27(28-32-33-34-37(28)13-12-21-7-4-3-5-8-21)35-14-16-36(17-15-35)30(39)26-9-6-18-41-26/h3-11,18-20,27H,2,12-17H2,1H3,(H,31,38). The first-order chi connectivity index (χ1) is 20.1. The van der Waals surface area contributed by atoms with Gasteiger partial charge < -0.3 is 19.0 Å². The third-order valence-electron chi connectivity index (χ3n) is 7.41. The minimum atomic E-state index is -0.523. The van der Waals surface area contributed by atoms with Gasteiger partial charge in [0.25, 0.3) is 11.5 Å². The number of aryl methyl sites for hydroxylation is 2. The summed E-state index contributed by atoms with van der Waals surface area (Å²) >= 11 is 0. The topological polar surface area (TPSA) is 122 Å². The summed E-state index contributed by atoms with van der Waals surface area (Å²) in [6.07, 6.45) is 2.24. The van der Waals surface area contributed by atoms with E-state index in [1.165, 1.54) is 11.8 Å². The lowest BCUT2D eigenvalue weighted by Crippen LogP contribution is -2.50. The first-order valence-electron chi connectivity index (χ1n) is 13.8. The second kappa shape index (κ2) is 11.8. The minimum absolute atomic E-state index is 0.147. The zero-order valence-corrected chi connectivity index (χ0v) is 22.8. The zero-order chi connectivity index (χ0) is 28.2. The Bertz CT molecular complexity index is 1670. The van der Waals surface area contributed by atoms with Crippen LogP contribution < -0.4 is 10.3 Å². The molecule has 41 heavy (non-hydrogen) atoms. The van der Waals surface area contributed by atoms with E-state index in [0.29, 0.717) is 56.5 Å². The molecular formula is C30H31N7O4. The number of furan rings is 1. The molecular weight excluding hydrogens is 522 g/mol. The molecule has 6 rings (SSSR count). The average Bonchev–Trinajstić information content (AvgIpc) is 3.71. The van der Waals surface area contributed by atoms with Gasteiger partial charge in [0.2, 0.25) is 0 Å². The van der Waals surface area contributed by atoms with E-state index in [4.69, 9.17) is 9.15 Å². The van der Waals surface area contributed by atoms with Crippen molar-refractivity contribution >= 4 is 16.8 Å². The van der Waals surface area contributed by atoms with E-state index in [2.05, 4.69) is 37.5 Å². The second-order valence-corrected chi connectivity index (χ2v) is 9.94. The van der Waals surface area contributed by atoms with E-state index < -0.39 is 6.04 Å². The van der Waals surface area contributed by atoms with Gasteiger partial charge in [-0.15, -0.1) is 5.10 Å². The maximum Gasteiger partial charge on any atom is 0.289 e. The average molecular weight is 554 g/mol. The maximum absolute atomic E-state index is 13.6. The first-order valence-corrected chi connectivity index (χ1v) is 13.8. The Morgan fingerprint density at radius 3 is 2.63 bits per heavy atom. The van der Waals surface area contributed by atoms with Gasteiger partial charge in [-0.05, 0) is 65.7 Å². The lowest BCUT2D eigenvalue weighted by atomic mass is 10.0. The molecule has 1 aliphatic heterocycles. The SMILES string of the molecule is CCOc1ccc2[nH]c(=O)c(C(c3nnnn3CCc3ccccc3)N3CCN(C(=O)c4ccco4)CC3)cc2c1. The Balaban J connectivity index is 1.35. The highest BCUT2D eigenvalue weighted by atomic mass is 16.5. The third kappa shape index (κ3) is 5.62. The normalized spacial score (nSPS) is 14.8. The van der Waals surface area contributed by atoms with Crippen molar-refractivity contribution in [3.05, 3.63) is 106 Å². The number of carbonyl (C=O) groups is 1. The van der Waals surface area contributed by atoms with Gasteiger partial charge in [-0.3, -0.25) is 14.5 Å². The van der Waals surface area contributed by atoms with Gasteiger partial charge >= 0.3 is 0 Å². The molecule has 210 valence electrons. The molecule has 0 spiro atoms. The fourth-order valence-corrected chi connectivity index (χ4v) is 5.35. The molecule has 1 atom stereocenters. The predicted octanol–water partition coefficient (Wildman–Crippen LogP) is 3.30. The van der Waals surface area contributed by atoms with Crippen LogP contribution in [-0.2, 0) is 13.0 Å². The third-order valence-corrected chi connectivity index (χ3v) is 7.41. The molecule has 1 unspecified atom stereocenters. The van der Waals surface area contributed by atoms with Crippen LogP contribution in [0.3, 0.4) is 0 Å². The van der Waals surface area contributed by atoms with Crippen molar-refractivity contribution in [1.82, 2.24) is 35.0 Å². The second-order valence-electron chi connectivity index (χ2n) is 9.94. The molecule has 5 aromatic rings. The number of tetrazole rings is 1. The molecule has 0 aliphatic carbocycles. The number of rotatable bonds is 9. The van der Waals surface area contributed by atoms with E-state index >= 15 is 0 Å². The first kappa shape index (κ1) is 26.5. The van der Waals surface area contributed by atoms with Crippen molar-refractivity contribution in [2.24, 2.45) is 0 Å². The lowest BCUT2D eigenvalue weighted by molar-refractivity contribution is 0.0558. The molecule has 11 nitrogen and oxygen atoms in total. The number of aromatic nitrogens is 5. The molecule has 0 saturated carbocycles. The highest BCUT2D eigenvalue weighted by Crippen LogP contribution is 2.29. The fraction of sp³-hybridized carbons (Fsp3) is 0.300. The van der Waals surface area contributed by atoms with Crippen molar-refractivity contribution < 1.29 is 13.9 Å². The predicted molar refractivity (Wildman–Crippen MR) is 152 cm³/mol. The summed E-state index contributed by atoms with van der Waals surface area (Å²) in [6.45, 7) is 5.03. The summed E-state index contributed by atoms with van der Waals surface area (Å²) in [5, 5.41) is 13.6. The molecule has 1 N–H and O–H groups in total. The van der Waals surface area contributed by atoms with Crippen LogP contribution in [0.25, 0.3) is 10.9 Å². The largest absolute Gasteiger partial charge is 0.494 e. The monoisotopic (exact) mass is 553 g/mol. The van der Waals surface area contributed by atoms with Gasteiger partial charge in [0.05, 0.1) is 12.9 Å². The molecule has 11 heteroatoms. The molecule has 0 radical (unpaired) electrons. The highest BCUT2D eigenvalue weighted by Gasteiger charge is 2.34. The van der Waals surface area contributed by atoms with Crippen LogP contribution >= 0.6 is 0 Å². The number of carbonyl (C=O) groups excluding carboxylic acids is 1. The van der Waals surface area contributed by atoms with E-state index in [-0.39, 0.29) is 11.5 Å². The number of piperazine rings is 1. The van der Waals surface area contributed by atoms with Crippen molar-refractivity contribution in [1.29, 1.82) is 0 Å². The number of benzene rings is 2. The van der Waals surface area contributed by atoms with Gasteiger partial charge in [0.15, 0.2) is 11.6 Å².